The first kappa shape index (κ1) is 42.5. The lowest BCUT2D eigenvalue weighted by molar-refractivity contribution is -0.394. The molecule has 3 rings (SSSR count). The number of ether oxygens (including phenoxy) is 1. The monoisotopic (exact) mass is 751 g/mol. The Labute approximate surface area is 283 Å². The normalized spacial score (nSPS) is 11.5. The summed E-state index contributed by atoms with van der Waals surface area (Å²) in [5, 5.41) is 21.8. The number of nitrogens with zero attached hydrogens (tertiary/aromatic N) is 2. The van der Waals surface area contributed by atoms with Gasteiger partial charge in [-0.25, -0.2) is 33.1 Å². The van der Waals surface area contributed by atoms with Crippen molar-refractivity contribution in [2.75, 3.05) is 12.4 Å². The molecule has 1 aromatic carbocycles. The number of H-pyrrole nitrogens is 1. The van der Waals surface area contributed by atoms with Gasteiger partial charge in [0.05, 0.1) is 13.3 Å². The molecule has 0 fully saturated rings. The molecule has 23 heteroatoms. The van der Waals surface area contributed by atoms with Gasteiger partial charge in [0, 0.05) is 25.2 Å². The Kier molecular flexibility index (Phi) is 16.5. The van der Waals surface area contributed by atoms with Gasteiger partial charge in [-0.15, -0.1) is 0 Å². The number of benzene rings is 1. The highest BCUT2D eigenvalue weighted by atomic mass is 35.5. The topological polar surface area (TPSA) is 203 Å². The number of halogens is 9. The zero-order valence-electron chi connectivity index (χ0n) is 27.1. The van der Waals surface area contributed by atoms with E-state index in [-0.39, 0.29) is 32.6 Å². The van der Waals surface area contributed by atoms with Gasteiger partial charge in [0.1, 0.15) is 11.7 Å². The van der Waals surface area contributed by atoms with E-state index in [1.165, 1.54) is 19.4 Å². The largest absolute Gasteiger partial charge is 1.00 e. The molecular weight excluding hydrogens is 724 g/mol. The summed E-state index contributed by atoms with van der Waals surface area (Å²) in [7, 11) is 1.25. The Balaban J connectivity index is 0. The van der Waals surface area contributed by atoms with E-state index in [0.717, 1.165) is 21.9 Å². The van der Waals surface area contributed by atoms with Crippen LogP contribution in [0.25, 0.3) is 0 Å². The Morgan fingerprint density at radius 2 is 1.44 bits per heavy atom. The third kappa shape index (κ3) is 14.7. The number of alkyl carbamates (subject to hydrolysis) is 1. The Morgan fingerprint density at radius 1 is 0.940 bits per heavy atom. The van der Waals surface area contributed by atoms with Crippen LogP contribution in [0.1, 0.15) is 25.7 Å². The van der Waals surface area contributed by atoms with Crippen LogP contribution in [0, 0.1) is 0 Å². The predicted molar refractivity (Wildman–Crippen MR) is 156 cm³/mol. The molecule has 6 N–H and O–H groups in total. The van der Waals surface area contributed by atoms with E-state index in [4.69, 9.17) is 31.4 Å². The molecule has 274 valence electrons. The highest BCUT2D eigenvalue weighted by Gasteiger charge is 2.39. The number of carboxylic acid groups (broad SMARTS) is 2. The highest BCUT2D eigenvalue weighted by Crippen LogP contribution is 2.21. The molecule has 50 heavy (non-hydrogen) atoms. The summed E-state index contributed by atoms with van der Waals surface area (Å²) < 4.78 is 96.3. The zero-order valence-corrected chi connectivity index (χ0v) is 25.9. The fourth-order valence-corrected chi connectivity index (χ4v) is 3.46. The molecule has 2 heterocycles. The van der Waals surface area contributed by atoms with Crippen molar-refractivity contribution in [1.82, 2.24) is 20.2 Å². The lowest BCUT2D eigenvalue weighted by atomic mass is 10.1. The van der Waals surface area contributed by atoms with E-state index in [9.17, 15) is 49.5 Å². The van der Waals surface area contributed by atoms with Gasteiger partial charge in [0.2, 0.25) is 11.6 Å². The molecule has 0 saturated carbocycles. The number of anilines is 1. The molecule has 1 atom stereocenters. The smallest absolute Gasteiger partial charge is 0.475 e. The van der Waals surface area contributed by atoms with Crippen LogP contribution in [0.4, 0.5) is 45.7 Å². The third-order valence-electron chi connectivity index (χ3n) is 5.61. The van der Waals surface area contributed by atoms with Crippen molar-refractivity contribution >= 4 is 41.4 Å². The Bertz CT molecular complexity index is 1650. The third-order valence-corrected chi connectivity index (χ3v) is 5.91. The second-order valence-electron chi connectivity index (χ2n) is 9.09. The second kappa shape index (κ2) is 19.5. The van der Waals surface area contributed by atoms with Crippen LogP contribution in [0.5, 0.6) is 0 Å². The molecule has 14 nitrogen and oxygen atoms in total. The zero-order chi connectivity index (χ0) is 38.2. The minimum absolute atomic E-state index is 0. The van der Waals surface area contributed by atoms with Crippen molar-refractivity contribution in [3.05, 3.63) is 87.2 Å². The van der Waals surface area contributed by atoms with Crippen LogP contribution >= 0.6 is 11.6 Å². The summed E-state index contributed by atoms with van der Waals surface area (Å²) in [4.78, 5) is 61.2. The fourth-order valence-electron chi connectivity index (χ4n) is 3.27. The van der Waals surface area contributed by atoms with E-state index in [1.807, 2.05) is 0 Å². The lowest BCUT2D eigenvalue weighted by Gasteiger charge is -2.16. The maximum atomic E-state index is 13.7. The number of hydrogen-bond acceptors (Lipinski definition) is 8. The van der Waals surface area contributed by atoms with Crippen LogP contribution in [-0.4, -0.2) is 69.6 Å². The molecule has 0 bridgehead atoms. The number of hydrogen-bond donors (Lipinski definition) is 5. The van der Waals surface area contributed by atoms with Crippen molar-refractivity contribution in [1.29, 1.82) is 0 Å². The summed E-state index contributed by atoms with van der Waals surface area (Å²) in [6, 6.07) is 10.2. The number of methoxy groups -OCH3 is 1. The predicted octanol–water partition coefficient (Wildman–Crippen LogP) is 3.79. The number of nitrogens with one attached hydrogen (secondary N) is 4. The van der Waals surface area contributed by atoms with Gasteiger partial charge in [-0.1, -0.05) is 41.9 Å². The number of aromatic nitrogens is 3. The number of carbonyl (C=O) groups excluding carboxylic acids is 2. The van der Waals surface area contributed by atoms with Crippen LogP contribution < -0.4 is 26.5 Å². The van der Waals surface area contributed by atoms with Crippen molar-refractivity contribution in [2.24, 2.45) is 0 Å². The molecule has 0 spiro atoms. The van der Waals surface area contributed by atoms with Gasteiger partial charge < -0.3 is 30.9 Å². The second-order valence-corrected chi connectivity index (χ2v) is 9.48. The number of pyridine rings is 1. The van der Waals surface area contributed by atoms with Gasteiger partial charge in [0.15, 0.2) is 18.1 Å². The number of alkyl halides is 8. The molecule has 0 aliphatic carbocycles. The first-order valence-corrected chi connectivity index (χ1v) is 13.6. The van der Waals surface area contributed by atoms with E-state index < -0.39 is 60.9 Å². The molecule has 2 aromatic heterocycles. The lowest BCUT2D eigenvalue weighted by Crippen LogP contribution is -2.35. The van der Waals surface area contributed by atoms with Crippen LogP contribution in [0.15, 0.2) is 59.7 Å². The van der Waals surface area contributed by atoms with Gasteiger partial charge in [0.25, 0.3) is 12.0 Å². The quantitative estimate of drug-likeness (QED) is 0.190. The number of rotatable bonds is 10. The van der Waals surface area contributed by atoms with Crippen molar-refractivity contribution in [3.63, 3.8) is 0 Å². The van der Waals surface area contributed by atoms with Crippen LogP contribution in [-0.2, 0) is 38.8 Å². The van der Waals surface area contributed by atoms with Crippen molar-refractivity contribution in [2.45, 2.75) is 44.5 Å². The Hall–Kier alpha value is -5.54. The average molecular weight is 752 g/mol. The maximum Gasteiger partial charge on any atom is 1.00 e. The average Bonchev–Trinajstić information content (AvgIpc) is 3.04. The molecule has 1 unspecified atom stereocenters. The molecule has 2 amide bonds. The minimum Gasteiger partial charge on any atom is -0.475 e. The molecule has 0 saturated heterocycles. The van der Waals surface area contributed by atoms with E-state index in [2.05, 4.69) is 30.7 Å². The van der Waals surface area contributed by atoms with Crippen molar-refractivity contribution in [3.8, 4) is 0 Å². The first-order chi connectivity index (χ1) is 23.2. The molecule has 0 aliphatic heterocycles. The van der Waals surface area contributed by atoms with Gasteiger partial charge in [-0.05, 0) is 11.1 Å². The molecule has 0 radical (unpaired) electrons. The SMILES string of the molecule is COC(=O)NCc1ccccc1CNC(=O)Cn1c(Cl)cnc(NC(c2cccc[nH+]2)C(F)F)c1=O.O=C(O)C(F)(F)F.O=C(O)C(F)(F)F.[H+].[H+]. The number of aliphatic carboxylic acids is 2. The summed E-state index contributed by atoms with van der Waals surface area (Å²) in [6.07, 6.45) is -11.0. The highest BCUT2D eigenvalue weighted by molar-refractivity contribution is 6.29. The molecule has 0 aliphatic rings. The first-order valence-electron chi connectivity index (χ1n) is 13.2. The van der Waals surface area contributed by atoms with E-state index in [0.29, 0.717) is 0 Å². The van der Waals surface area contributed by atoms with E-state index in [1.54, 1.807) is 36.4 Å². The number of carbonyl (C=O) groups is 4. The van der Waals surface area contributed by atoms with Gasteiger partial charge >= 0.3 is 33.2 Å². The number of aromatic amines is 1. The Morgan fingerprint density at radius 3 is 1.88 bits per heavy atom. The van der Waals surface area contributed by atoms with Gasteiger partial charge in [-0.3, -0.25) is 14.2 Å². The summed E-state index contributed by atoms with van der Waals surface area (Å²) in [5.41, 5.74) is 0.802. The minimum atomic E-state index is -5.08. The van der Waals surface area contributed by atoms with Gasteiger partial charge in [-0.2, -0.15) is 26.3 Å². The van der Waals surface area contributed by atoms with Crippen LogP contribution in [0.3, 0.4) is 0 Å². The summed E-state index contributed by atoms with van der Waals surface area (Å²) >= 11 is 6.08. The number of carboxylic acids is 2. The maximum absolute atomic E-state index is 13.7. The number of amides is 2. The molecule has 3 aromatic rings. The molecular formula is C27H28ClF8N6O8+3. The van der Waals surface area contributed by atoms with Crippen molar-refractivity contribution < 1.29 is 77.1 Å². The van der Waals surface area contributed by atoms with Crippen LogP contribution in [0.2, 0.25) is 5.15 Å². The summed E-state index contributed by atoms with van der Waals surface area (Å²) in [5.74, 6) is -6.44. The standard InChI is InChI=1S/C23H23ClF2N6O4.2C2HF3O2/c1-36-23(35)30-11-15-7-3-2-6-14(15)10-28-18(33)13-32-17(24)12-29-21(22(32)34)31-19(20(25)26)16-8-4-5-9-27-16;2*3-2(4,5)1(6)7/h2-9,12,19-20H,10-11,13H2,1H3,(H,28,33)(H,29,31)(H,30,35);2*(H,6,7)/p+3. The van der Waals surface area contributed by atoms with E-state index >= 15 is 0 Å². The summed E-state index contributed by atoms with van der Waals surface area (Å²) in [6.45, 7) is -0.167. The fraction of sp³-hybridized carbons (Fsp3) is 0.296.